The molecule has 1 saturated carbocycles. The third-order valence-corrected chi connectivity index (χ3v) is 4.43. The summed E-state index contributed by atoms with van der Waals surface area (Å²) in [6, 6.07) is 0.736. The molecule has 1 N–H and O–H groups in total. The molecule has 0 spiro atoms. The van der Waals surface area contributed by atoms with Crippen molar-refractivity contribution in [2.24, 2.45) is 11.8 Å². The van der Waals surface area contributed by atoms with Crippen LogP contribution in [-0.4, -0.2) is 24.6 Å². The standard InChI is InChI=1S/C13H27NS/c1-4-13(10-15-3)14-9-12-7-5-11(2)6-8-12/h11-14H,4-10H2,1-3H3. The Morgan fingerprint density at radius 3 is 2.47 bits per heavy atom. The van der Waals surface area contributed by atoms with Crippen LogP contribution in [0, 0.1) is 11.8 Å². The first kappa shape index (κ1) is 13.4. The molecule has 15 heavy (non-hydrogen) atoms. The SMILES string of the molecule is CCC(CSC)NCC1CCC(C)CC1. The maximum Gasteiger partial charge on any atom is 0.0155 e. The number of rotatable bonds is 6. The highest BCUT2D eigenvalue weighted by Gasteiger charge is 2.18. The molecule has 1 fully saturated rings. The van der Waals surface area contributed by atoms with Gasteiger partial charge in [0.15, 0.2) is 0 Å². The van der Waals surface area contributed by atoms with E-state index in [1.807, 2.05) is 11.8 Å². The molecule has 90 valence electrons. The van der Waals surface area contributed by atoms with Crippen LogP contribution in [0.4, 0.5) is 0 Å². The Morgan fingerprint density at radius 1 is 1.27 bits per heavy atom. The maximum absolute atomic E-state index is 3.73. The molecule has 1 aliphatic carbocycles. The molecule has 0 aromatic rings. The average Bonchev–Trinajstić information content (AvgIpc) is 2.26. The molecule has 0 aliphatic heterocycles. The molecular weight excluding hydrogens is 202 g/mol. The molecule has 0 amide bonds. The minimum Gasteiger partial charge on any atom is -0.313 e. The Labute approximate surface area is 99.8 Å². The largest absolute Gasteiger partial charge is 0.313 e. The van der Waals surface area contributed by atoms with Gasteiger partial charge >= 0.3 is 0 Å². The van der Waals surface area contributed by atoms with Crippen LogP contribution in [0.2, 0.25) is 0 Å². The molecule has 1 rings (SSSR count). The van der Waals surface area contributed by atoms with Gasteiger partial charge < -0.3 is 5.32 Å². The van der Waals surface area contributed by atoms with E-state index in [1.165, 1.54) is 44.4 Å². The number of nitrogens with one attached hydrogen (secondary N) is 1. The van der Waals surface area contributed by atoms with E-state index in [9.17, 15) is 0 Å². The van der Waals surface area contributed by atoms with Gasteiger partial charge in [-0.2, -0.15) is 11.8 Å². The molecule has 0 heterocycles. The van der Waals surface area contributed by atoms with E-state index in [2.05, 4.69) is 25.4 Å². The molecule has 0 aromatic carbocycles. The second kappa shape index (κ2) is 7.56. The molecule has 1 unspecified atom stereocenters. The second-order valence-electron chi connectivity index (χ2n) is 5.09. The zero-order valence-corrected chi connectivity index (χ0v) is 11.4. The van der Waals surface area contributed by atoms with Crippen LogP contribution >= 0.6 is 11.8 Å². The van der Waals surface area contributed by atoms with Gasteiger partial charge in [-0.1, -0.05) is 26.7 Å². The first-order chi connectivity index (χ1) is 7.26. The van der Waals surface area contributed by atoms with E-state index in [0.29, 0.717) is 0 Å². The summed E-state index contributed by atoms with van der Waals surface area (Å²) in [5.41, 5.74) is 0. The minimum absolute atomic E-state index is 0.736. The third-order valence-electron chi connectivity index (χ3n) is 3.69. The quantitative estimate of drug-likeness (QED) is 0.747. The predicted octanol–water partition coefficient (Wildman–Crippen LogP) is 3.54. The van der Waals surface area contributed by atoms with Crippen LogP contribution in [0.5, 0.6) is 0 Å². The summed E-state index contributed by atoms with van der Waals surface area (Å²) >= 11 is 1.96. The van der Waals surface area contributed by atoms with E-state index in [0.717, 1.165) is 17.9 Å². The molecule has 0 radical (unpaired) electrons. The van der Waals surface area contributed by atoms with Crippen molar-refractivity contribution in [3.8, 4) is 0 Å². The first-order valence-corrected chi connectivity index (χ1v) is 7.88. The van der Waals surface area contributed by atoms with Crippen LogP contribution < -0.4 is 5.32 Å². The van der Waals surface area contributed by atoms with Crippen LogP contribution in [0.3, 0.4) is 0 Å². The summed E-state index contributed by atoms with van der Waals surface area (Å²) in [6.45, 7) is 5.94. The molecular formula is C13H27NS. The van der Waals surface area contributed by atoms with E-state index in [4.69, 9.17) is 0 Å². The van der Waals surface area contributed by atoms with Gasteiger partial charge in [0.05, 0.1) is 0 Å². The predicted molar refractivity (Wildman–Crippen MR) is 71.6 cm³/mol. The Morgan fingerprint density at radius 2 is 1.93 bits per heavy atom. The van der Waals surface area contributed by atoms with Crippen molar-refractivity contribution in [1.82, 2.24) is 5.32 Å². The lowest BCUT2D eigenvalue weighted by atomic mass is 9.83. The molecule has 1 atom stereocenters. The fourth-order valence-corrected chi connectivity index (χ4v) is 3.14. The zero-order chi connectivity index (χ0) is 11.1. The summed E-state index contributed by atoms with van der Waals surface area (Å²) in [4.78, 5) is 0. The van der Waals surface area contributed by atoms with E-state index in [1.54, 1.807) is 0 Å². The van der Waals surface area contributed by atoms with Crippen molar-refractivity contribution in [3.05, 3.63) is 0 Å². The van der Waals surface area contributed by atoms with Crippen LogP contribution in [-0.2, 0) is 0 Å². The molecule has 2 heteroatoms. The number of thioether (sulfide) groups is 1. The summed E-state index contributed by atoms with van der Waals surface area (Å²) in [7, 11) is 0. The van der Waals surface area contributed by atoms with Gasteiger partial charge in [0.1, 0.15) is 0 Å². The number of hydrogen-bond acceptors (Lipinski definition) is 2. The van der Waals surface area contributed by atoms with Crippen molar-refractivity contribution < 1.29 is 0 Å². The highest BCUT2D eigenvalue weighted by molar-refractivity contribution is 7.98. The Bertz CT molecular complexity index is 153. The highest BCUT2D eigenvalue weighted by Crippen LogP contribution is 2.27. The van der Waals surface area contributed by atoms with Gasteiger partial charge in [-0.05, 0) is 43.9 Å². The Hall–Kier alpha value is 0.310. The average molecular weight is 229 g/mol. The minimum atomic E-state index is 0.736. The van der Waals surface area contributed by atoms with Crippen molar-refractivity contribution >= 4 is 11.8 Å². The first-order valence-electron chi connectivity index (χ1n) is 6.48. The normalized spacial score (nSPS) is 29.0. The molecule has 0 aromatic heterocycles. The van der Waals surface area contributed by atoms with Crippen LogP contribution in [0.1, 0.15) is 46.0 Å². The highest BCUT2D eigenvalue weighted by atomic mass is 32.2. The smallest absolute Gasteiger partial charge is 0.0155 e. The fourth-order valence-electron chi connectivity index (χ4n) is 2.39. The van der Waals surface area contributed by atoms with E-state index in [-0.39, 0.29) is 0 Å². The fraction of sp³-hybridized carbons (Fsp3) is 1.00. The van der Waals surface area contributed by atoms with Crippen LogP contribution in [0.25, 0.3) is 0 Å². The van der Waals surface area contributed by atoms with Gasteiger partial charge in [-0.25, -0.2) is 0 Å². The lowest BCUT2D eigenvalue weighted by Crippen LogP contribution is -2.35. The van der Waals surface area contributed by atoms with Crippen molar-refractivity contribution in [2.75, 3.05) is 18.6 Å². The van der Waals surface area contributed by atoms with E-state index >= 15 is 0 Å². The second-order valence-corrected chi connectivity index (χ2v) is 6.01. The Balaban J connectivity index is 2.12. The van der Waals surface area contributed by atoms with Crippen LogP contribution in [0.15, 0.2) is 0 Å². The van der Waals surface area contributed by atoms with Gasteiger partial charge in [0.25, 0.3) is 0 Å². The molecule has 1 nitrogen and oxygen atoms in total. The maximum atomic E-state index is 3.73. The van der Waals surface area contributed by atoms with Crippen molar-refractivity contribution in [3.63, 3.8) is 0 Å². The van der Waals surface area contributed by atoms with Gasteiger partial charge in [0, 0.05) is 11.8 Å². The summed E-state index contributed by atoms with van der Waals surface area (Å²) in [5.74, 6) is 3.20. The van der Waals surface area contributed by atoms with Crippen molar-refractivity contribution in [2.45, 2.75) is 52.0 Å². The molecule has 0 bridgehead atoms. The van der Waals surface area contributed by atoms with Gasteiger partial charge in [-0.15, -0.1) is 0 Å². The topological polar surface area (TPSA) is 12.0 Å². The summed E-state index contributed by atoms with van der Waals surface area (Å²) in [5, 5.41) is 3.73. The van der Waals surface area contributed by atoms with Crippen molar-refractivity contribution in [1.29, 1.82) is 0 Å². The zero-order valence-electron chi connectivity index (χ0n) is 10.6. The van der Waals surface area contributed by atoms with Gasteiger partial charge in [0.2, 0.25) is 0 Å². The summed E-state index contributed by atoms with van der Waals surface area (Å²) < 4.78 is 0. The Kier molecular flexibility index (Phi) is 6.74. The molecule has 1 aliphatic rings. The number of hydrogen-bond donors (Lipinski definition) is 1. The monoisotopic (exact) mass is 229 g/mol. The lowest BCUT2D eigenvalue weighted by molar-refractivity contribution is 0.275. The lowest BCUT2D eigenvalue weighted by Gasteiger charge is -2.28. The van der Waals surface area contributed by atoms with E-state index < -0.39 is 0 Å². The summed E-state index contributed by atoms with van der Waals surface area (Å²) in [6.07, 6.45) is 9.27. The molecule has 0 saturated heterocycles. The van der Waals surface area contributed by atoms with Gasteiger partial charge in [-0.3, -0.25) is 0 Å². The third kappa shape index (κ3) is 5.26.